The van der Waals surface area contributed by atoms with Gasteiger partial charge in [0.05, 0.1) is 14.1 Å². The summed E-state index contributed by atoms with van der Waals surface area (Å²) >= 11 is 0. The zero-order chi connectivity index (χ0) is 9.47. The molecule has 13 heavy (non-hydrogen) atoms. The maximum Gasteiger partial charge on any atom is 0.322 e. The number of fused-ring (bicyclic) bond motifs is 1. The second-order valence-electron chi connectivity index (χ2n) is 3.52. The van der Waals surface area contributed by atoms with Crippen molar-refractivity contribution < 1.29 is 0 Å². The number of quaternary nitrogens is 1. The third-order valence-corrected chi connectivity index (χ3v) is 2.37. The number of hydrazine groups is 1. The van der Waals surface area contributed by atoms with Crippen molar-refractivity contribution in [2.75, 3.05) is 14.1 Å². The number of nitrogens with zero attached hydrogens (tertiary/aromatic N) is 2. The van der Waals surface area contributed by atoms with Crippen molar-refractivity contribution in [3.8, 4) is 0 Å². The minimum absolute atomic E-state index is 0.576. The molecule has 0 fully saturated rings. The van der Waals surface area contributed by atoms with Crippen molar-refractivity contribution in [1.29, 1.82) is 0 Å². The highest BCUT2D eigenvalue weighted by Gasteiger charge is 2.35. The number of guanidine groups is 1. The summed E-state index contributed by atoms with van der Waals surface area (Å²) in [5, 5.41) is 0. The van der Waals surface area contributed by atoms with Crippen LogP contribution in [0.4, 0.5) is 11.4 Å². The lowest BCUT2D eigenvalue weighted by Crippen LogP contribution is -2.53. The first kappa shape index (κ1) is 8.22. The fourth-order valence-electron chi connectivity index (χ4n) is 1.58. The molecule has 2 rings (SSSR count). The van der Waals surface area contributed by atoms with E-state index in [1.54, 1.807) is 0 Å². The fourth-order valence-corrected chi connectivity index (χ4v) is 1.58. The fraction of sp³-hybridized carbons (Fsp3) is 0.222. The van der Waals surface area contributed by atoms with Crippen LogP contribution < -0.4 is 15.8 Å². The predicted molar refractivity (Wildman–Crippen MR) is 54.5 cm³/mol. The molecule has 0 radical (unpaired) electrons. The molecule has 0 amide bonds. The summed E-state index contributed by atoms with van der Waals surface area (Å²) in [6.07, 6.45) is 0. The van der Waals surface area contributed by atoms with Crippen LogP contribution in [-0.2, 0) is 0 Å². The smallest absolute Gasteiger partial charge is 0.261 e. The Bertz CT molecular complexity index is 368. The molecule has 1 aromatic carbocycles. The molecule has 68 valence electrons. The van der Waals surface area contributed by atoms with Crippen LogP contribution in [0, 0.1) is 0 Å². The van der Waals surface area contributed by atoms with Gasteiger partial charge in [-0.15, -0.1) is 0 Å². The van der Waals surface area contributed by atoms with Gasteiger partial charge in [-0.05, 0) is 6.07 Å². The van der Waals surface area contributed by atoms with Crippen molar-refractivity contribution in [1.82, 2.24) is 9.91 Å². The number of aliphatic imine (C=N–C) groups is 1. The Morgan fingerprint density at radius 1 is 1.31 bits per heavy atom. The third-order valence-electron chi connectivity index (χ3n) is 2.37. The van der Waals surface area contributed by atoms with Crippen molar-refractivity contribution in [2.45, 2.75) is 0 Å². The van der Waals surface area contributed by atoms with Crippen LogP contribution in [0.15, 0.2) is 29.3 Å². The molecule has 4 heteroatoms. The number of nitrogens with one attached hydrogen (secondary N) is 1. The van der Waals surface area contributed by atoms with Gasteiger partial charge < -0.3 is 0 Å². The Balaban J connectivity index is 2.58. The zero-order valence-corrected chi connectivity index (χ0v) is 7.78. The van der Waals surface area contributed by atoms with E-state index < -0.39 is 0 Å². The molecule has 0 aliphatic carbocycles. The van der Waals surface area contributed by atoms with Crippen LogP contribution >= 0.6 is 0 Å². The van der Waals surface area contributed by atoms with Gasteiger partial charge in [-0.25, -0.2) is 10.3 Å². The molecule has 0 aromatic heterocycles. The lowest BCUT2D eigenvalue weighted by Gasteiger charge is -2.23. The van der Waals surface area contributed by atoms with Gasteiger partial charge in [0, 0.05) is 6.07 Å². The van der Waals surface area contributed by atoms with Crippen LogP contribution in [0.1, 0.15) is 0 Å². The molecule has 1 aliphatic rings. The number of para-hydroxylation sites is 2. The van der Waals surface area contributed by atoms with Crippen LogP contribution in [-0.4, -0.2) is 20.1 Å². The second-order valence-corrected chi connectivity index (χ2v) is 3.52. The van der Waals surface area contributed by atoms with Gasteiger partial charge in [-0.3, -0.25) is 5.43 Å². The number of benzene rings is 1. The summed E-state index contributed by atoms with van der Waals surface area (Å²) in [5.74, 6) is 6.16. The summed E-state index contributed by atoms with van der Waals surface area (Å²) in [6.45, 7) is 0. The van der Waals surface area contributed by atoms with E-state index in [1.807, 2.05) is 32.3 Å². The topological polar surface area (TPSA) is 50.4 Å². The van der Waals surface area contributed by atoms with Gasteiger partial charge in [-0.2, -0.15) is 4.99 Å². The van der Waals surface area contributed by atoms with E-state index in [4.69, 9.17) is 5.84 Å². The maximum absolute atomic E-state index is 5.39. The Kier molecular flexibility index (Phi) is 1.61. The first-order valence-corrected chi connectivity index (χ1v) is 4.15. The molecule has 1 aliphatic heterocycles. The SMILES string of the molecule is C[N+]1(C)C(NN)=Nc2ccccc21. The van der Waals surface area contributed by atoms with E-state index >= 15 is 0 Å². The molecule has 0 bridgehead atoms. The largest absolute Gasteiger partial charge is 0.322 e. The third kappa shape index (κ3) is 1.03. The van der Waals surface area contributed by atoms with Gasteiger partial charge in [0.15, 0.2) is 5.69 Å². The highest BCUT2D eigenvalue weighted by atomic mass is 15.5. The van der Waals surface area contributed by atoms with Crippen LogP contribution in [0.2, 0.25) is 0 Å². The normalized spacial score (nSPS) is 17.9. The molecule has 0 saturated heterocycles. The lowest BCUT2D eigenvalue weighted by molar-refractivity contribution is 0.580. The predicted octanol–water partition coefficient (Wildman–Crippen LogP) is 0.718. The number of hydrogen-bond donors (Lipinski definition) is 2. The van der Waals surface area contributed by atoms with E-state index in [0.29, 0.717) is 4.48 Å². The van der Waals surface area contributed by atoms with E-state index in [2.05, 4.69) is 16.5 Å². The molecular weight excluding hydrogens is 164 g/mol. The van der Waals surface area contributed by atoms with Crippen molar-refractivity contribution >= 4 is 17.3 Å². The van der Waals surface area contributed by atoms with Gasteiger partial charge >= 0.3 is 5.96 Å². The molecule has 0 spiro atoms. The van der Waals surface area contributed by atoms with Crippen molar-refractivity contribution in [3.05, 3.63) is 24.3 Å². The van der Waals surface area contributed by atoms with E-state index in [1.165, 1.54) is 0 Å². The van der Waals surface area contributed by atoms with Crippen LogP contribution in [0.25, 0.3) is 0 Å². The van der Waals surface area contributed by atoms with Gasteiger partial charge in [-0.1, -0.05) is 12.1 Å². The molecule has 0 unspecified atom stereocenters. The van der Waals surface area contributed by atoms with Crippen molar-refractivity contribution in [3.63, 3.8) is 0 Å². The monoisotopic (exact) mass is 177 g/mol. The summed E-state index contributed by atoms with van der Waals surface area (Å²) < 4.78 is 0.576. The van der Waals surface area contributed by atoms with E-state index in [0.717, 1.165) is 17.3 Å². The van der Waals surface area contributed by atoms with Crippen LogP contribution in [0.5, 0.6) is 0 Å². The molecule has 1 aromatic rings. The maximum atomic E-state index is 5.39. The Hall–Kier alpha value is -1.39. The number of rotatable bonds is 0. The summed E-state index contributed by atoms with van der Waals surface area (Å²) in [7, 11) is 4.09. The van der Waals surface area contributed by atoms with Gasteiger partial charge in [0.25, 0.3) is 0 Å². The zero-order valence-electron chi connectivity index (χ0n) is 7.78. The van der Waals surface area contributed by atoms with Crippen LogP contribution in [0.3, 0.4) is 0 Å². The van der Waals surface area contributed by atoms with E-state index in [9.17, 15) is 0 Å². The highest BCUT2D eigenvalue weighted by molar-refractivity contribution is 5.99. The number of nitrogens with two attached hydrogens (primary N) is 1. The minimum atomic E-state index is 0.576. The van der Waals surface area contributed by atoms with Gasteiger partial charge in [0.2, 0.25) is 0 Å². The minimum Gasteiger partial charge on any atom is -0.261 e. The molecule has 4 nitrogen and oxygen atoms in total. The molecule has 1 heterocycles. The van der Waals surface area contributed by atoms with E-state index in [-0.39, 0.29) is 0 Å². The Morgan fingerprint density at radius 2 is 2.00 bits per heavy atom. The number of hydrogen-bond acceptors (Lipinski definition) is 3. The summed E-state index contributed by atoms with van der Waals surface area (Å²) in [5.41, 5.74) is 4.77. The molecule has 3 N–H and O–H groups in total. The quantitative estimate of drug-likeness (QED) is 0.348. The first-order chi connectivity index (χ1) is 6.16. The molecular formula is C9H13N4+. The Labute approximate surface area is 77.2 Å². The van der Waals surface area contributed by atoms with Crippen molar-refractivity contribution in [2.24, 2.45) is 10.8 Å². The lowest BCUT2D eigenvalue weighted by atomic mass is 10.2. The van der Waals surface area contributed by atoms with Gasteiger partial charge in [0.1, 0.15) is 5.69 Å². The first-order valence-electron chi connectivity index (χ1n) is 4.15. The average Bonchev–Trinajstić information content (AvgIpc) is 2.39. The highest BCUT2D eigenvalue weighted by Crippen LogP contribution is 2.36. The second kappa shape index (κ2) is 2.55. The summed E-state index contributed by atoms with van der Waals surface area (Å²) in [6, 6.07) is 8.03. The summed E-state index contributed by atoms with van der Waals surface area (Å²) in [4.78, 5) is 4.38. The molecule has 0 saturated carbocycles. The molecule has 0 atom stereocenters. The Morgan fingerprint density at radius 3 is 2.62 bits per heavy atom. The standard InChI is InChI=1S/C9H13N4/c1-13(2)8-6-4-3-5-7(8)11-9(13)12-10/h3-6H,10H2,1-2H3,(H,11,12)/q+1. The average molecular weight is 177 g/mol.